The topological polar surface area (TPSA) is 30.2 Å². The summed E-state index contributed by atoms with van der Waals surface area (Å²) in [6.45, 7) is 1.89. The van der Waals surface area contributed by atoms with Gasteiger partial charge in [-0.3, -0.25) is 4.79 Å². The van der Waals surface area contributed by atoms with Crippen molar-refractivity contribution in [2.75, 3.05) is 0 Å². The van der Waals surface area contributed by atoms with Crippen LogP contribution < -0.4 is 0 Å². The zero-order valence-corrected chi connectivity index (χ0v) is 7.67. The van der Waals surface area contributed by atoms with E-state index in [2.05, 4.69) is 0 Å². The zero-order chi connectivity index (χ0) is 9.26. The number of hydrogen-bond donors (Lipinski definition) is 0. The molecule has 1 aromatic heterocycles. The molecule has 0 saturated carbocycles. The Morgan fingerprint density at radius 1 is 1.38 bits per heavy atom. The fourth-order valence-corrected chi connectivity index (χ4v) is 1.73. The van der Waals surface area contributed by atoms with E-state index in [1.54, 1.807) is 6.26 Å². The largest absolute Gasteiger partial charge is 0.465 e. The van der Waals surface area contributed by atoms with E-state index < -0.39 is 0 Å². The lowest BCUT2D eigenvalue weighted by molar-refractivity contribution is -0.115. The molecule has 0 spiro atoms. The molecule has 68 valence electrons. The van der Waals surface area contributed by atoms with Crippen LogP contribution in [0.4, 0.5) is 0 Å². The molecule has 0 N–H and O–H groups in total. The maximum Gasteiger partial charge on any atom is 0.159 e. The van der Waals surface area contributed by atoms with Crippen LogP contribution in [-0.2, 0) is 4.79 Å². The third-order valence-corrected chi connectivity index (χ3v) is 2.52. The number of ketones is 1. The second-order valence-electron chi connectivity index (χ2n) is 3.36. The molecule has 1 aliphatic rings. The van der Waals surface area contributed by atoms with Crippen molar-refractivity contribution >= 4 is 11.4 Å². The molecule has 13 heavy (non-hydrogen) atoms. The van der Waals surface area contributed by atoms with Crippen LogP contribution in [0.1, 0.15) is 31.9 Å². The second-order valence-corrected chi connectivity index (χ2v) is 3.36. The Kier molecular flexibility index (Phi) is 2.05. The molecule has 1 aromatic rings. The average Bonchev–Trinajstić information content (AvgIpc) is 2.62. The summed E-state index contributed by atoms with van der Waals surface area (Å²) in [5.41, 5.74) is 1.96. The predicted octanol–water partition coefficient (Wildman–Crippen LogP) is 2.81. The van der Waals surface area contributed by atoms with Crippen LogP contribution >= 0.6 is 0 Å². The number of hydrogen-bond acceptors (Lipinski definition) is 2. The Labute approximate surface area is 77.2 Å². The minimum absolute atomic E-state index is 0.262. The summed E-state index contributed by atoms with van der Waals surface area (Å²) in [5.74, 6) is 1.11. The summed E-state index contributed by atoms with van der Waals surface area (Å²) in [6.07, 6.45) is 4.25. The molecule has 0 atom stereocenters. The number of carbonyl (C=O) groups excluding carboxylic acids is 1. The van der Waals surface area contributed by atoms with Crippen molar-refractivity contribution in [3.05, 3.63) is 29.7 Å². The maximum atomic E-state index is 11.4. The maximum absolute atomic E-state index is 11.4. The minimum atomic E-state index is 0.262. The van der Waals surface area contributed by atoms with Crippen molar-refractivity contribution in [2.45, 2.75) is 26.2 Å². The van der Waals surface area contributed by atoms with Gasteiger partial charge in [-0.2, -0.15) is 0 Å². The summed E-state index contributed by atoms with van der Waals surface area (Å²) in [5, 5.41) is 0. The molecule has 0 amide bonds. The molecule has 0 unspecified atom stereocenters. The van der Waals surface area contributed by atoms with Crippen LogP contribution in [0.2, 0.25) is 0 Å². The number of carbonyl (C=O) groups is 1. The van der Waals surface area contributed by atoms with Crippen LogP contribution in [-0.4, -0.2) is 5.78 Å². The number of allylic oxidation sites excluding steroid dienone is 2. The third-order valence-electron chi connectivity index (χ3n) is 2.52. The highest BCUT2D eigenvalue weighted by atomic mass is 16.3. The van der Waals surface area contributed by atoms with Crippen LogP contribution in [0.15, 0.2) is 28.4 Å². The normalized spacial score (nSPS) is 18.1. The van der Waals surface area contributed by atoms with E-state index in [-0.39, 0.29) is 5.78 Å². The van der Waals surface area contributed by atoms with Gasteiger partial charge in [-0.15, -0.1) is 0 Å². The summed E-state index contributed by atoms with van der Waals surface area (Å²) in [4.78, 5) is 11.4. The molecule has 0 saturated heterocycles. The molecule has 0 aliphatic heterocycles. The second kappa shape index (κ2) is 3.21. The molecular weight excluding hydrogens is 164 g/mol. The smallest absolute Gasteiger partial charge is 0.159 e. The van der Waals surface area contributed by atoms with Gasteiger partial charge in [-0.25, -0.2) is 0 Å². The standard InChI is InChI=1S/C11H12O2/c1-8-9(4-2-5-10(8)12)11-6-3-7-13-11/h3,6-7H,2,4-5H2,1H3. The fraction of sp³-hybridized carbons (Fsp3) is 0.364. The SMILES string of the molecule is CC1=C(c2ccco2)CCCC1=O. The first-order chi connectivity index (χ1) is 6.29. The van der Waals surface area contributed by atoms with E-state index >= 15 is 0 Å². The number of rotatable bonds is 1. The first kappa shape index (κ1) is 8.30. The number of furan rings is 1. The van der Waals surface area contributed by atoms with Gasteiger partial charge in [0, 0.05) is 12.0 Å². The number of Topliss-reactive ketones (excluding diaryl/α,β-unsaturated/α-hetero) is 1. The van der Waals surface area contributed by atoms with E-state index in [0.29, 0.717) is 6.42 Å². The molecule has 2 nitrogen and oxygen atoms in total. The first-order valence-corrected chi connectivity index (χ1v) is 4.56. The Bertz CT molecular complexity index is 344. The monoisotopic (exact) mass is 176 g/mol. The van der Waals surface area contributed by atoms with E-state index in [9.17, 15) is 4.79 Å². The van der Waals surface area contributed by atoms with Crippen molar-refractivity contribution in [1.82, 2.24) is 0 Å². The van der Waals surface area contributed by atoms with E-state index in [1.165, 1.54) is 0 Å². The molecule has 2 heteroatoms. The summed E-state index contributed by atoms with van der Waals surface area (Å²) in [6, 6.07) is 3.77. The first-order valence-electron chi connectivity index (χ1n) is 4.56. The van der Waals surface area contributed by atoms with E-state index in [0.717, 1.165) is 29.7 Å². The van der Waals surface area contributed by atoms with Crippen molar-refractivity contribution in [2.24, 2.45) is 0 Å². The van der Waals surface area contributed by atoms with Gasteiger partial charge in [0.2, 0.25) is 0 Å². The molecule has 0 fully saturated rings. The Morgan fingerprint density at radius 3 is 2.92 bits per heavy atom. The van der Waals surface area contributed by atoms with Gasteiger partial charge >= 0.3 is 0 Å². The lowest BCUT2D eigenvalue weighted by atomic mass is 9.90. The highest BCUT2D eigenvalue weighted by molar-refractivity contribution is 6.03. The summed E-state index contributed by atoms with van der Waals surface area (Å²) >= 11 is 0. The van der Waals surface area contributed by atoms with Crippen molar-refractivity contribution in [1.29, 1.82) is 0 Å². The van der Waals surface area contributed by atoms with Gasteiger partial charge in [0.05, 0.1) is 6.26 Å². The van der Waals surface area contributed by atoms with Crippen molar-refractivity contribution < 1.29 is 9.21 Å². The molecule has 0 aromatic carbocycles. The highest BCUT2D eigenvalue weighted by Gasteiger charge is 2.18. The average molecular weight is 176 g/mol. The quantitative estimate of drug-likeness (QED) is 0.658. The fourth-order valence-electron chi connectivity index (χ4n) is 1.73. The van der Waals surface area contributed by atoms with Gasteiger partial charge < -0.3 is 4.42 Å². The molecule has 2 rings (SSSR count). The van der Waals surface area contributed by atoms with Gasteiger partial charge in [0.15, 0.2) is 5.78 Å². The van der Waals surface area contributed by atoms with Crippen LogP contribution in [0.25, 0.3) is 5.57 Å². The molecular formula is C11H12O2. The van der Waals surface area contributed by atoms with Crippen LogP contribution in [0.5, 0.6) is 0 Å². The van der Waals surface area contributed by atoms with E-state index in [1.807, 2.05) is 19.1 Å². The van der Waals surface area contributed by atoms with Crippen molar-refractivity contribution in [3.63, 3.8) is 0 Å². The molecule has 1 heterocycles. The Balaban J connectivity index is 2.42. The lowest BCUT2D eigenvalue weighted by Crippen LogP contribution is -2.08. The lowest BCUT2D eigenvalue weighted by Gasteiger charge is -2.14. The predicted molar refractivity (Wildman–Crippen MR) is 50.2 cm³/mol. The molecule has 0 bridgehead atoms. The van der Waals surface area contributed by atoms with E-state index in [4.69, 9.17) is 4.42 Å². The Morgan fingerprint density at radius 2 is 2.23 bits per heavy atom. The van der Waals surface area contributed by atoms with Crippen molar-refractivity contribution in [3.8, 4) is 0 Å². The molecule has 1 aliphatic carbocycles. The highest BCUT2D eigenvalue weighted by Crippen LogP contribution is 2.30. The minimum Gasteiger partial charge on any atom is -0.465 e. The zero-order valence-electron chi connectivity index (χ0n) is 7.67. The Hall–Kier alpha value is -1.31. The van der Waals surface area contributed by atoms with Crippen LogP contribution in [0.3, 0.4) is 0 Å². The van der Waals surface area contributed by atoms with Gasteiger partial charge in [-0.05, 0) is 37.5 Å². The van der Waals surface area contributed by atoms with Gasteiger partial charge in [0.1, 0.15) is 5.76 Å². The third kappa shape index (κ3) is 1.44. The van der Waals surface area contributed by atoms with Gasteiger partial charge in [-0.1, -0.05) is 0 Å². The van der Waals surface area contributed by atoms with Crippen LogP contribution in [0, 0.1) is 0 Å². The molecule has 0 radical (unpaired) electrons. The van der Waals surface area contributed by atoms with Gasteiger partial charge in [0.25, 0.3) is 0 Å². The summed E-state index contributed by atoms with van der Waals surface area (Å²) in [7, 11) is 0. The summed E-state index contributed by atoms with van der Waals surface area (Å²) < 4.78 is 5.28.